The third-order valence-corrected chi connectivity index (χ3v) is 2.42. The van der Waals surface area contributed by atoms with Gasteiger partial charge >= 0.3 is 0 Å². The fourth-order valence-electron chi connectivity index (χ4n) is 1.52. The Morgan fingerprint density at radius 2 is 2.00 bits per heavy atom. The zero-order valence-corrected chi connectivity index (χ0v) is 15.9. The first-order chi connectivity index (χ1) is 11.7. The van der Waals surface area contributed by atoms with E-state index < -0.39 is 0 Å². The predicted molar refractivity (Wildman–Crippen MR) is 98.4 cm³/mol. The number of aliphatic hydroxyl groups excluding tert-OH is 1. The number of hydrogen-bond donors (Lipinski definition) is 4. The predicted octanol–water partition coefficient (Wildman–Crippen LogP) is 1.90. The summed E-state index contributed by atoms with van der Waals surface area (Å²) >= 11 is 0. The Morgan fingerprint density at radius 1 is 1.42 bits per heavy atom. The van der Waals surface area contributed by atoms with Crippen molar-refractivity contribution in [1.29, 1.82) is 0 Å². The summed E-state index contributed by atoms with van der Waals surface area (Å²) in [5.74, 6) is 0.665. The van der Waals surface area contributed by atoms with Crippen molar-refractivity contribution in [3.05, 3.63) is 23.9 Å². The molecule has 24 heavy (non-hydrogen) atoms. The summed E-state index contributed by atoms with van der Waals surface area (Å²) < 4.78 is 4.96. The lowest BCUT2D eigenvalue weighted by molar-refractivity contribution is -0.122. The monoisotopic (exact) mass is 345 g/mol. The van der Waals surface area contributed by atoms with E-state index in [1.807, 2.05) is 46.9 Å². The molecule has 0 spiro atoms. The van der Waals surface area contributed by atoms with Crippen LogP contribution in [0.5, 0.6) is 5.88 Å². The molecule has 0 saturated carbocycles. The summed E-state index contributed by atoms with van der Waals surface area (Å²) in [7, 11) is 3.53. The first-order valence-corrected chi connectivity index (χ1v) is 8.28. The lowest BCUT2D eigenvalue weighted by Crippen LogP contribution is -2.11. The zero-order valence-electron chi connectivity index (χ0n) is 15.9. The number of pyridine rings is 1. The SMILES string of the molecule is CC.CC.CNCc1ccnc(OC)c1.O=CO.OC1CCNC1. The molecule has 1 aliphatic heterocycles. The molecular formula is C17H35N3O4. The van der Waals surface area contributed by atoms with Crippen molar-refractivity contribution in [2.75, 3.05) is 27.2 Å². The Bertz CT molecular complexity index is 359. The molecule has 0 amide bonds. The van der Waals surface area contributed by atoms with Gasteiger partial charge in [-0.25, -0.2) is 4.98 Å². The van der Waals surface area contributed by atoms with Gasteiger partial charge in [0.05, 0.1) is 13.2 Å². The minimum atomic E-state index is -0.250. The number of hydrogen-bond acceptors (Lipinski definition) is 6. The number of aromatic nitrogens is 1. The molecule has 0 bridgehead atoms. The topological polar surface area (TPSA) is 104 Å². The molecule has 1 atom stereocenters. The molecule has 0 aromatic carbocycles. The lowest BCUT2D eigenvalue weighted by Gasteiger charge is -2.01. The molecule has 1 fully saturated rings. The van der Waals surface area contributed by atoms with Gasteiger partial charge < -0.3 is 25.6 Å². The molecule has 2 rings (SSSR count). The third kappa shape index (κ3) is 18.3. The number of methoxy groups -OCH3 is 1. The zero-order chi connectivity index (χ0) is 19.2. The quantitative estimate of drug-likeness (QED) is 0.620. The molecule has 1 aromatic rings. The second-order valence-corrected chi connectivity index (χ2v) is 3.99. The smallest absolute Gasteiger partial charge is 0.290 e. The molecular weight excluding hydrogens is 310 g/mol. The molecule has 2 heterocycles. The van der Waals surface area contributed by atoms with Crippen LogP contribution in [0.2, 0.25) is 0 Å². The fraction of sp³-hybridized carbons (Fsp3) is 0.647. The minimum Gasteiger partial charge on any atom is -0.483 e. The minimum absolute atomic E-state index is 0.0648. The van der Waals surface area contributed by atoms with Crippen LogP contribution in [0.1, 0.15) is 39.7 Å². The van der Waals surface area contributed by atoms with E-state index in [4.69, 9.17) is 19.7 Å². The number of nitrogens with one attached hydrogen (secondary N) is 2. The Labute approximate surface area is 146 Å². The Hall–Kier alpha value is -1.70. The maximum absolute atomic E-state index is 8.67. The van der Waals surface area contributed by atoms with Crippen LogP contribution in [0.25, 0.3) is 0 Å². The average Bonchev–Trinajstić information content (AvgIpc) is 3.11. The standard InChI is InChI=1S/C8H12N2O.C4H9NO.2C2H6.CH2O2/c1-9-6-7-3-4-10-8(5-7)11-2;6-4-1-2-5-3-4;2*1-2;2-1-3/h3-5,9H,6H2,1-2H3;4-6H,1-3H2;2*1-2H3;1H,(H,2,3). The van der Waals surface area contributed by atoms with Crippen molar-refractivity contribution in [3.63, 3.8) is 0 Å². The molecule has 7 heteroatoms. The van der Waals surface area contributed by atoms with Crippen LogP contribution in [0.15, 0.2) is 18.3 Å². The number of nitrogens with zero attached hydrogens (tertiary/aromatic N) is 1. The van der Waals surface area contributed by atoms with Crippen LogP contribution in [0.4, 0.5) is 0 Å². The summed E-state index contributed by atoms with van der Waals surface area (Å²) in [6, 6.07) is 3.87. The van der Waals surface area contributed by atoms with Crippen LogP contribution < -0.4 is 15.4 Å². The van der Waals surface area contributed by atoms with Crippen LogP contribution in [-0.4, -0.2) is 55.0 Å². The van der Waals surface area contributed by atoms with E-state index in [0.29, 0.717) is 5.88 Å². The second kappa shape index (κ2) is 23.6. The number of carbonyl (C=O) groups is 1. The fourth-order valence-corrected chi connectivity index (χ4v) is 1.52. The summed E-state index contributed by atoms with van der Waals surface area (Å²) in [6.07, 6.45) is 2.61. The van der Waals surface area contributed by atoms with Gasteiger partial charge in [0.25, 0.3) is 6.47 Å². The van der Waals surface area contributed by atoms with Gasteiger partial charge in [-0.3, -0.25) is 4.79 Å². The molecule has 1 aromatic heterocycles. The van der Waals surface area contributed by atoms with E-state index in [2.05, 4.69) is 15.6 Å². The Morgan fingerprint density at radius 3 is 2.33 bits per heavy atom. The molecule has 7 nitrogen and oxygen atoms in total. The first kappa shape index (κ1) is 27.2. The van der Waals surface area contributed by atoms with E-state index in [-0.39, 0.29) is 12.6 Å². The molecule has 0 aliphatic carbocycles. The molecule has 1 saturated heterocycles. The second-order valence-electron chi connectivity index (χ2n) is 3.99. The molecule has 1 unspecified atom stereocenters. The van der Waals surface area contributed by atoms with Crippen molar-refractivity contribution in [3.8, 4) is 5.88 Å². The van der Waals surface area contributed by atoms with Gasteiger partial charge in [0.15, 0.2) is 0 Å². The molecule has 4 N–H and O–H groups in total. The number of ether oxygens (including phenoxy) is 1. The highest BCUT2D eigenvalue weighted by molar-refractivity contribution is 5.32. The van der Waals surface area contributed by atoms with Gasteiger partial charge in [-0.1, -0.05) is 27.7 Å². The summed E-state index contributed by atoms with van der Waals surface area (Å²) in [4.78, 5) is 12.4. The molecule has 142 valence electrons. The van der Waals surface area contributed by atoms with E-state index in [9.17, 15) is 0 Å². The lowest BCUT2D eigenvalue weighted by atomic mass is 10.3. The largest absolute Gasteiger partial charge is 0.483 e. The van der Waals surface area contributed by atoms with Gasteiger partial charge in [0.1, 0.15) is 0 Å². The van der Waals surface area contributed by atoms with Crippen molar-refractivity contribution >= 4 is 6.47 Å². The number of aliphatic hydroxyl groups is 1. The highest BCUT2D eigenvalue weighted by Crippen LogP contribution is 2.07. The summed E-state index contributed by atoms with van der Waals surface area (Å²) in [5.41, 5.74) is 1.18. The van der Waals surface area contributed by atoms with Gasteiger partial charge in [-0.05, 0) is 31.6 Å². The van der Waals surface area contributed by atoms with E-state index in [0.717, 1.165) is 26.1 Å². The van der Waals surface area contributed by atoms with Gasteiger partial charge in [0.2, 0.25) is 5.88 Å². The van der Waals surface area contributed by atoms with Crippen molar-refractivity contribution < 1.29 is 19.7 Å². The van der Waals surface area contributed by atoms with Crippen LogP contribution in [-0.2, 0) is 11.3 Å². The van der Waals surface area contributed by atoms with E-state index >= 15 is 0 Å². The van der Waals surface area contributed by atoms with Gasteiger partial charge in [-0.2, -0.15) is 0 Å². The van der Waals surface area contributed by atoms with Crippen LogP contribution in [0.3, 0.4) is 0 Å². The Kier molecular flexibility index (Phi) is 26.7. The first-order valence-electron chi connectivity index (χ1n) is 8.28. The van der Waals surface area contributed by atoms with E-state index in [1.54, 1.807) is 13.3 Å². The third-order valence-electron chi connectivity index (χ3n) is 2.42. The summed E-state index contributed by atoms with van der Waals surface area (Å²) in [6.45, 7) is 10.4. The normalized spacial score (nSPS) is 14.0. The highest BCUT2D eigenvalue weighted by Gasteiger charge is 2.08. The Balaban J connectivity index is -0.000000287. The van der Waals surface area contributed by atoms with Gasteiger partial charge in [0, 0.05) is 25.4 Å². The number of β-amino-alcohol motifs (C(OH)–C–C–N with tert-alkyl or cyclic N) is 1. The van der Waals surface area contributed by atoms with Crippen molar-refractivity contribution in [2.45, 2.75) is 46.8 Å². The average molecular weight is 345 g/mol. The maximum atomic E-state index is 8.67. The number of rotatable bonds is 3. The summed E-state index contributed by atoms with van der Waals surface area (Å²) in [5, 5.41) is 21.6. The van der Waals surface area contributed by atoms with Gasteiger partial charge in [-0.15, -0.1) is 0 Å². The molecule has 0 radical (unpaired) electrons. The van der Waals surface area contributed by atoms with Crippen LogP contribution >= 0.6 is 0 Å². The highest BCUT2D eigenvalue weighted by atomic mass is 16.5. The van der Waals surface area contributed by atoms with Crippen LogP contribution in [0, 0.1) is 0 Å². The van der Waals surface area contributed by atoms with Crippen molar-refractivity contribution in [1.82, 2.24) is 15.6 Å². The van der Waals surface area contributed by atoms with Crippen molar-refractivity contribution in [2.24, 2.45) is 0 Å². The van der Waals surface area contributed by atoms with E-state index in [1.165, 1.54) is 5.56 Å². The molecule has 1 aliphatic rings. The maximum Gasteiger partial charge on any atom is 0.290 e. The number of carboxylic acid groups (broad SMARTS) is 1.